The molecule has 0 aliphatic carbocycles. The number of oxime groups is 1. The second kappa shape index (κ2) is 19.3. The first-order valence-electron chi connectivity index (χ1n) is 19.8. The fraction of sp³-hybridized carbons (Fsp3) is 0.900. The highest BCUT2D eigenvalue weighted by Crippen LogP contribution is 2.41. The van der Waals surface area contributed by atoms with E-state index in [9.17, 15) is 30.3 Å². The van der Waals surface area contributed by atoms with Crippen LogP contribution in [-0.2, 0) is 38.1 Å². The molecule has 55 heavy (non-hydrogen) atoms. The Morgan fingerprint density at radius 2 is 1.60 bits per heavy atom. The Bertz CT molecular complexity index is 1280. The van der Waals surface area contributed by atoms with Crippen LogP contribution < -0.4 is 0 Å². The van der Waals surface area contributed by atoms with Crippen molar-refractivity contribution >= 4 is 11.7 Å². The van der Waals surface area contributed by atoms with Crippen molar-refractivity contribution in [3.8, 4) is 0 Å². The third-order valence-corrected chi connectivity index (χ3v) is 12.2. The number of rotatable bonds is 10. The first-order chi connectivity index (χ1) is 25.5. The van der Waals surface area contributed by atoms with E-state index in [4.69, 9.17) is 33.3 Å². The van der Waals surface area contributed by atoms with Gasteiger partial charge >= 0.3 is 5.97 Å². The van der Waals surface area contributed by atoms with E-state index in [-0.39, 0.29) is 38.0 Å². The Labute approximate surface area is 328 Å². The molecule has 5 N–H and O–H groups in total. The topological polar surface area (TPSA) is 198 Å². The van der Waals surface area contributed by atoms with Crippen LogP contribution in [0.3, 0.4) is 0 Å². The average Bonchev–Trinajstić information content (AvgIpc) is 3.11. The fourth-order valence-electron chi connectivity index (χ4n) is 8.76. The fourth-order valence-corrected chi connectivity index (χ4v) is 8.76. The third-order valence-electron chi connectivity index (χ3n) is 12.2. The van der Waals surface area contributed by atoms with Gasteiger partial charge in [0.15, 0.2) is 12.6 Å². The van der Waals surface area contributed by atoms with Crippen molar-refractivity contribution < 1.29 is 63.6 Å². The average molecular weight is 789 g/mol. The number of carbonyl (C=O) groups is 1. The van der Waals surface area contributed by atoms with Gasteiger partial charge < -0.3 is 63.7 Å². The van der Waals surface area contributed by atoms with Gasteiger partial charge in [0.05, 0.1) is 53.4 Å². The zero-order valence-electron chi connectivity index (χ0n) is 35.4. The zero-order chi connectivity index (χ0) is 41.8. The van der Waals surface area contributed by atoms with Gasteiger partial charge in [-0.15, -0.1) is 0 Å². The van der Waals surface area contributed by atoms with Crippen LogP contribution in [0.5, 0.6) is 0 Å². The number of hydrogen-bond donors (Lipinski definition) is 5. The maximum absolute atomic E-state index is 14.3. The molecule has 3 aliphatic rings. The summed E-state index contributed by atoms with van der Waals surface area (Å²) in [6.07, 6.45) is -7.73. The van der Waals surface area contributed by atoms with Crippen molar-refractivity contribution in [3.05, 3.63) is 12.7 Å². The number of hydrogen-bond acceptors (Lipinski definition) is 15. The van der Waals surface area contributed by atoms with E-state index in [0.29, 0.717) is 12.1 Å². The minimum absolute atomic E-state index is 0.000620. The van der Waals surface area contributed by atoms with Crippen molar-refractivity contribution in [2.24, 2.45) is 28.8 Å². The van der Waals surface area contributed by atoms with Gasteiger partial charge in [-0.1, -0.05) is 45.5 Å². The molecule has 320 valence electrons. The molecule has 0 bridgehead atoms. The van der Waals surface area contributed by atoms with Crippen LogP contribution >= 0.6 is 0 Å². The first kappa shape index (κ1) is 47.6. The lowest BCUT2D eigenvalue weighted by atomic mass is 9.73. The highest BCUT2D eigenvalue weighted by Gasteiger charge is 2.53. The van der Waals surface area contributed by atoms with Crippen molar-refractivity contribution in [1.82, 2.24) is 4.90 Å². The molecule has 3 rings (SSSR count). The number of methoxy groups -OCH3 is 1. The molecule has 9 unspecified atom stereocenters. The molecule has 3 aliphatic heterocycles. The summed E-state index contributed by atoms with van der Waals surface area (Å²) in [7, 11) is 5.22. The SMILES string of the molecule is C=CCON=C1[C@H](C)CC(C)(O)[C@H](OC2OC(C)CC(N(C)C)C2O)[C@@H](C)[C@H](OC2CC(C)(OC)C(O)C(C)O2)[C@@H](C)C(=O)O[C@H](CC)[C@@](C)(O)[C@H](O)[C@H]1C. The lowest BCUT2D eigenvalue weighted by molar-refractivity contribution is -0.317. The van der Waals surface area contributed by atoms with Gasteiger partial charge in [0, 0.05) is 37.3 Å². The molecule has 18 atom stereocenters. The van der Waals surface area contributed by atoms with Crippen LogP contribution in [-0.4, -0.2) is 154 Å². The summed E-state index contributed by atoms with van der Waals surface area (Å²) in [6, 6.07) is -0.315. The molecule has 0 aromatic carbocycles. The summed E-state index contributed by atoms with van der Waals surface area (Å²) in [5.41, 5.74) is -4.37. The van der Waals surface area contributed by atoms with Crippen LogP contribution in [0.1, 0.15) is 94.9 Å². The Balaban J connectivity index is 2.25. The van der Waals surface area contributed by atoms with Crippen molar-refractivity contribution in [2.45, 2.75) is 179 Å². The van der Waals surface area contributed by atoms with Crippen LogP contribution in [0.15, 0.2) is 17.8 Å². The quantitative estimate of drug-likeness (QED) is 0.0938. The molecule has 3 fully saturated rings. The number of nitrogens with zero attached hydrogens (tertiary/aromatic N) is 2. The summed E-state index contributed by atoms with van der Waals surface area (Å²) in [5, 5.41) is 63.2. The molecular formula is C40H72N2O13. The number of ether oxygens (including phenoxy) is 6. The number of likely N-dealkylation sites (N-methyl/N-ethyl adjacent to an activating group) is 1. The van der Waals surface area contributed by atoms with Gasteiger partial charge in [-0.2, -0.15) is 0 Å². The van der Waals surface area contributed by atoms with Gasteiger partial charge in [-0.05, 0) is 74.9 Å². The maximum Gasteiger partial charge on any atom is 0.311 e. The molecule has 3 saturated heterocycles. The monoisotopic (exact) mass is 789 g/mol. The van der Waals surface area contributed by atoms with Gasteiger partial charge in [0.1, 0.15) is 30.5 Å². The summed E-state index contributed by atoms with van der Waals surface area (Å²) in [4.78, 5) is 21.7. The summed E-state index contributed by atoms with van der Waals surface area (Å²) < 4.78 is 37.6. The van der Waals surface area contributed by atoms with Gasteiger partial charge in [-0.3, -0.25) is 4.79 Å². The minimum atomic E-state index is -1.94. The molecular weight excluding hydrogens is 716 g/mol. The molecule has 0 amide bonds. The number of aliphatic hydroxyl groups excluding tert-OH is 3. The standard InChI is InChI=1S/C40H72N2O13/c1-15-17-50-41-30-21(3)19-38(9,47)35(55-37-31(43)27(42(12)13)18-22(4)51-37)24(6)32(54-29-20-39(10,49-14)34(45)26(8)52-29)25(7)36(46)53-28(16-2)40(11,48)33(44)23(30)5/h15,21-29,31-35,37,43-45,47-48H,1,16-20H2,2-14H3/t21-,22?,23+,24+,25-,26?,27?,28-,29?,31?,32+,33-,34?,35-,37?,38?,39?,40-/m1/s1. The molecule has 0 aromatic heterocycles. The predicted molar refractivity (Wildman–Crippen MR) is 205 cm³/mol. The Morgan fingerprint density at radius 1 is 0.964 bits per heavy atom. The maximum atomic E-state index is 14.3. The second-order valence-corrected chi connectivity index (χ2v) is 17.2. The van der Waals surface area contributed by atoms with Crippen molar-refractivity contribution in [2.75, 3.05) is 27.8 Å². The van der Waals surface area contributed by atoms with Crippen LogP contribution in [0.25, 0.3) is 0 Å². The third kappa shape index (κ3) is 10.8. The van der Waals surface area contributed by atoms with E-state index in [1.807, 2.05) is 32.8 Å². The summed E-state index contributed by atoms with van der Waals surface area (Å²) in [5.74, 6) is -4.00. The number of cyclic esters (lactones) is 1. The van der Waals surface area contributed by atoms with E-state index < -0.39 is 102 Å². The minimum Gasteiger partial charge on any atom is -0.459 e. The summed E-state index contributed by atoms with van der Waals surface area (Å²) >= 11 is 0. The van der Waals surface area contributed by atoms with E-state index in [0.717, 1.165) is 0 Å². The van der Waals surface area contributed by atoms with Crippen LogP contribution in [0.2, 0.25) is 0 Å². The van der Waals surface area contributed by atoms with Crippen LogP contribution in [0, 0.1) is 23.7 Å². The van der Waals surface area contributed by atoms with Gasteiger partial charge in [0.2, 0.25) is 0 Å². The van der Waals surface area contributed by atoms with E-state index in [1.54, 1.807) is 48.5 Å². The molecule has 0 aromatic rings. The van der Waals surface area contributed by atoms with E-state index in [2.05, 4.69) is 11.7 Å². The number of esters is 1. The Hall–Kier alpha value is -1.76. The van der Waals surface area contributed by atoms with Crippen molar-refractivity contribution in [1.29, 1.82) is 0 Å². The number of aliphatic hydroxyl groups is 5. The Morgan fingerprint density at radius 3 is 2.16 bits per heavy atom. The smallest absolute Gasteiger partial charge is 0.311 e. The largest absolute Gasteiger partial charge is 0.459 e. The Kier molecular flexibility index (Phi) is 16.7. The molecule has 0 spiro atoms. The second-order valence-electron chi connectivity index (χ2n) is 17.2. The molecule has 15 heteroatoms. The highest BCUT2D eigenvalue weighted by molar-refractivity contribution is 5.88. The summed E-state index contributed by atoms with van der Waals surface area (Å²) in [6.45, 7) is 20.8. The van der Waals surface area contributed by atoms with E-state index >= 15 is 0 Å². The van der Waals surface area contributed by atoms with E-state index in [1.165, 1.54) is 20.1 Å². The normalized spacial score (nSPS) is 47.6. The molecule has 3 heterocycles. The van der Waals surface area contributed by atoms with Crippen LogP contribution in [0.4, 0.5) is 0 Å². The molecule has 15 nitrogen and oxygen atoms in total. The van der Waals surface area contributed by atoms with Gasteiger partial charge in [-0.25, -0.2) is 0 Å². The lowest BCUT2D eigenvalue weighted by Crippen LogP contribution is -2.61. The molecule has 0 radical (unpaired) electrons. The van der Waals surface area contributed by atoms with Crippen molar-refractivity contribution in [3.63, 3.8) is 0 Å². The first-order valence-corrected chi connectivity index (χ1v) is 19.8. The molecule has 0 saturated carbocycles. The number of carbonyl (C=O) groups excluding carboxylic acids is 1. The highest BCUT2D eigenvalue weighted by atomic mass is 16.7. The lowest BCUT2D eigenvalue weighted by Gasteiger charge is -2.49. The zero-order valence-corrected chi connectivity index (χ0v) is 35.4. The van der Waals surface area contributed by atoms with Gasteiger partial charge in [0.25, 0.3) is 0 Å². The predicted octanol–water partition coefficient (Wildman–Crippen LogP) is 2.78.